The van der Waals surface area contributed by atoms with E-state index in [0.29, 0.717) is 0 Å². The molecule has 0 radical (unpaired) electrons. The first kappa shape index (κ1) is 22.2. The van der Waals surface area contributed by atoms with Crippen molar-refractivity contribution in [2.24, 2.45) is 0 Å². The molecule has 156 valence electrons. The van der Waals surface area contributed by atoms with Crippen LogP contribution < -0.4 is 5.32 Å². The summed E-state index contributed by atoms with van der Waals surface area (Å²) in [6.45, 7) is 17.0. The van der Waals surface area contributed by atoms with Crippen molar-refractivity contribution >= 4 is 16.8 Å². The Morgan fingerprint density at radius 1 is 1.00 bits per heavy atom. The molecule has 0 spiro atoms. The van der Waals surface area contributed by atoms with Crippen LogP contribution in [0, 0.1) is 13.8 Å². The minimum Gasteiger partial charge on any atom is -0.355 e. The first-order chi connectivity index (χ1) is 14.9. The number of hydrogen-bond donors (Lipinski definition) is 1. The van der Waals surface area contributed by atoms with Gasteiger partial charge in [0.15, 0.2) is 0 Å². The summed E-state index contributed by atoms with van der Waals surface area (Å²) in [5.74, 6) is 0. The van der Waals surface area contributed by atoms with E-state index in [1.54, 1.807) is 0 Å². The minimum atomic E-state index is 0.944. The van der Waals surface area contributed by atoms with E-state index in [1.165, 1.54) is 22.3 Å². The van der Waals surface area contributed by atoms with Crippen LogP contribution in [0.3, 0.4) is 0 Å². The van der Waals surface area contributed by atoms with Crippen LogP contribution >= 0.6 is 0 Å². The van der Waals surface area contributed by atoms with Crippen LogP contribution in [0.25, 0.3) is 11.1 Å². The molecule has 0 aliphatic heterocycles. The van der Waals surface area contributed by atoms with Crippen molar-refractivity contribution in [2.45, 2.75) is 34.1 Å². The minimum absolute atomic E-state index is 0.944. The lowest BCUT2D eigenvalue weighted by Crippen LogP contribution is -2.08. The van der Waals surface area contributed by atoms with Crippen molar-refractivity contribution in [2.75, 3.05) is 5.32 Å². The predicted molar refractivity (Wildman–Crippen MR) is 137 cm³/mol. The molecule has 0 unspecified atom stereocenters. The molecule has 0 heterocycles. The topological polar surface area (TPSA) is 12.0 Å². The largest absolute Gasteiger partial charge is 0.355 e. The van der Waals surface area contributed by atoms with Gasteiger partial charge in [-0.3, -0.25) is 0 Å². The summed E-state index contributed by atoms with van der Waals surface area (Å²) in [6.07, 6.45) is 11.0. The highest BCUT2D eigenvalue weighted by Crippen LogP contribution is 2.34. The summed E-state index contributed by atoms with van der Waals surface area (Å²) in [6, 6.07) is 15.1. The molecule has 1 aliphatic carbocycles. The third kappa shape index (κ3) is 5.34. The standard InChI is InChI=1S/C30H31N/c1-7-23(5)26-16-19-28(24(6)20-26)29(21(2)3)30(25-12-10-8-9-11-13-25)31-27-17-14-22(4)15-18-27/h8,10-20,31H,2,5,7H2,1,3-4,6H3/b30-29+. The van der Waals surface area contributed by atoms with E-state index in [9.17, 15) is 0 Å². The monoisotopic (exact) mass is 405 g/mol. The van der Waals surface area contributed by atoms with Crippen molar-refractivity contribution in [3.05, 3.63) is 131 Å². The van der Waals surface area contributed by atoms with Crippen LogP contribution in [0.5, 0.6) is 0 Å². The van der Waals surface area contributed by atoms with E-state index in [-0.39, 0.29) is 0 Å². The Morgan fingerprint density at radius 3 is 2.39 bits per heavy atom. The Hall–Kier alpha value is -3.54. The average Bonchev–Trinajstić information content (AvgIpc) is 3.04. The molecular weight excluding hydrogens is 374 g/mol. The summed E-state index contributed by atoms with van der Waals surface area (Å²) in [4.78, 5) is 0. The molecule has 0 saturated heterocycles. The van der Waals surface area contributed by atoms with E-state index in [2.05, 4.69) is 107 Å². The van der Waals surface area contributed by atoms with E-state index in [4.69, 9.17) is 0 Å². The van der Waals surface area contributed by atoms with Gasteiger partial charge in [-0.2, -0.15) is 0 Å². The second-order valence-corrected chi connectivity index (χ2v) is 7.99. The summed E-state index contributed by atoms with van der Waals surface area (Å²) >= 11 is 0. The molecule has 0 atom stereocenters. The summed E-state index contributed by atoms with van der Waals surface area (Å²) in [5.41, 5.74) is 14.4. The molecule has 0 aromatic heterocycles. The van der Waals surface area contributed by atoms with Crippen LogP contribution in [0.2, 0.25) is 0 Å². The van der Waals surface area contributed by atoms with Gasteiger partial charge in [0.2, 0.25) is 0 Å². The first-order valence-corrected chi connectivity index (χ1v) is 10.7. The summed E-state index contributed by atoms with van der Waals surface area (Å²) in [5, 5.41) is 3.68. The van der Waals surface area contributed by atoms with E-state index in [1.807, 2.05) is 18.2 Å². The molecule has 3 rings (SSSR count). The molecule has 0 bridgehead atoms. The lowest BCUT2D eigenvalue weighted by atomic mass is 9.89. The van der Waals surface area contributed by atoms with Gasteiger partial charge in [0.25, 0.3) is 0 Å². The molecule has 31 heavy (non-hydrogen) atoms. The number of nitrogens with one attached hydrogen (secondary N) is 1. The number of hydrogen-bond acceptors (Lipinski definition) is 1. The maximum atomic E-state index is 4.34. The zero-order valence-electron chi connectivity index (χ0n) is 19.0. The molecule has 0 fully saturated rings. The van der Waals surface area contributed by atoms with Gasteiger partial charge in [0.05, 0.1) is 5.70 Å². The van der Waals surface area contributed by atoms with Gasteiger partial charge in [-0.1, -0.05) is 68.1 Å². The Morgan fingerprint density at radius 2 is 1.74 bits per heavy atom. The van der Waals surface area contributed by atoms with Gasteiger partial charge in [-0.15, -0.1) is 5.73 Å². The summed E-state index contributed by atoms with van der Waals surface area (Å²) < 4.78 is 0. The van der Waals surface area contributed by atoms with Gasteiger partial charge >= 0.3 is 0 Å². The molecule has 1 nitrogen and oxygen atoms in total. The first-order valence-electron chi connectivity index (χ1n) is 10.7. The maximum absolute atomic E-state index is 4.34. The number of rotatable bonds is 7. The van der Waals surface area contributed by atoms with E-state index in [0.717, 1.165) is 40.1 Å². The third-order valence-electron chi connectivity index (χ3n) is 5.44. The van der Waals surface area contributed by atoms with Gasteiger partial charge in [-0.05, 0) is 91.0 Å². The van der Waals surface area contributed by atoms with Gasteiger partial charge < -0.3 is 5.32 Å². The molecule has 1 aliphatic rings. The van der Waals surface area contributed by atoms with Crippen LogP contribution in [0.15, 0.2) is 109 Å². The smallest absolute Gasteiger partial charge is 0.0540 e. The Balaban J connectivity index is 2.22. The van der Waals surface area contributed by atoms with Gasteiger partial charge in [0, 0.05) is 11.3 Å². The summed E-state index contributed by atoms with van der Waals surface area (Å²) in [7, 11) is 0. The fraction of sp³-hybridized carbons (Fsp3) is 0.167. The SMILES string of the molecule is C=C(C)/C(=C(\Nc1ccc(C)cc1)C1=CC=C=CC=C1)c1ccc(C(=C)CC)cc1C. The van der Waals surface area contributed by atoms with E-state index < -0.39 is 0 Å². The van der Waals surface area contributed by atoms with Crippen LogP contribution in [-0.2, 0) is 0 Å². The fourth-order valence-electron chi connectivity index (χ4n) is 3.63. The van der Waals surface area contributed by atoms with Crippen molar-refractivity contribution in [3.8, 4) is 0 Å². The van der Waals surface area contributed by atoms with Gasteiger partial charge in [0.1, 0.15) is 0 Å². The lowest BCUT2D eigenvalue weighted by molar-refractivity contribution is 1.24. The Labute approximate surface area is 187 Å². The van der Waals surface area contributed by atoms with Crippen LogP contribution in [0.4, 0.5) is 5.69 Å². The molecule has 1 N–H and O–H groups in total. The number of aryl methyl sites for hydroxylation is 2. The molecule has 1 heteroatoms. The zero-order valence-corrected chi connectivity index (χ0v) is 19.0. The van der Waals surface area contributed by atoms with Crippen molar-refractivity contribution in [3.63, 3.8) is 0 Å². The van der Waals surface area contributed by atoms with Crippen LogP contribution in [0.1, 0.15) is 42.5 Å². The highest BCUT2D eigenvalue weighted by atomic mass is 14.9. The number of anilines is 1. The van der Waals surface area contributed by atoms with Crippen molar-refractivity contribution in [1.29, 1.82) is 0 Å². The Kier molecular flexibility index (Phi) is 7.13. The molecule has 0 saturated carbocycles. The molecule has 2 aromatic rings. The second kappa shape index (κ2) is 9.98. The average molecular weight is 406 g/mol. The normalized spacial score (nSPS) is 13.4. The number of benzene rings is 2. The highest BCUT2D eigenvalue weighted by molar-refractivity contribution is 5.88. The van der Waals surface area contributed by atoms with Gasteiger partial charge in [-0.25, -0.2) is 0 Å². The second-order valence-electron chi connectivity index (χ2n) is 7.99. The highest BCUT2D eigenvalue weighted by Gasteiger charge is 2.16. The van der Waals surface area contributed by atoms with Crippen molar-refractivity contribution in [1.82, 2.24) is 0 Å². The lowest BCUT2D eigenvalue weighted by Gasteiger charge is -2.21. The van der Waals surface area contributed by atoms with E-state index >= 15 is 0 Å². The molecule has 2 aromatic carbocycles. The fourth-order valence-corrected chi connectivity index (χ4v) is 3.63. The molecule has 0 amide bonds. The quantitative estimate of drug-likeness (QED) is 0.360. The zero-order chi connectivity index (χ0) is 22.4. The third-order valence-corrected chi connectivity index (χ3v) is 5.44. The number of allylic oxidation sites excluding steroid dienone is 7. The predicted octanol–water partition coefficient (Wildman–Crippen LogP) is 8.33. The maximum Gasteiger partial charge on any atom is 0.0540 e. The van der Waals surface area contributed by atoms with Crippen molar-refractivity contribution < 1.29 is 0 Å². The Bertz CT molecular complexity index is 1160. The van der Waals surface area contributed by atoms with Crippen LogP contribution in [-0.4, -0.2) is 0 Å². The molecular formula is C30H31N.